The number of hydrogen-bond acceptors (Lipinski definition) is 3. The van der Waals surface area contributed by atoms with E-state index in [0.717, 1.165) is 16.9 Å². The molecule has 1 heterocycles. The van der Waals surface area contributed by atoms with Gasteiger partial charge in [-0.2, -0.15) is 0 Å². The smallest absolute Gasteiger partial charge is 0.167 e. The summed E-state index contributed by atoms with van der Waals surface area (Å²) in [6.07, 6.45) is 1.30. The van der Waals surface area contributed by atoms with Crippen molar-refractivity contribution in [1.82, 2.24) is 10.6 Å². The van der Waals surface area contributed by atoms with Crippen molar-refractivity contribution in [2.75, 3.05) is 23.3 Å². The van der Waals surface area contributed by atoms with E-state index in [1.807, 2.05) is 23.5 Å². The molecule has 0 atom stereocenters. The highest BCUT2D eigenvalue weighted by molar-refractivity contribution is 8.00. The van der Waals surface area contributed by atoms with E-state index in [4.69, 9.17) is 12.2 Å². The first kappa shape index (κ1) is 9.48. The van der Waals surface area contributed by atoms with E-state index in [-0.39, 0.29) is 0 Å². The molecule has 0 saturated carbocycles. The average molecular weight is 208 g/mol. The van der Waals surface area contributed by atoms with Crippen molar-refractivity contribution in [3.8, 4) is 0 Å². The van der Waals surface area contributed by atoms with E-state index in [1.54, 1.807) is 0 Å². The van der Waals surface area contributed by atoms with Crippen molar-refractivity contribution in [3.63, 3.8) is 0 Å². The summed E-state index contributed by atoms with van der Waals surface area (Å²) in [6.45, 7) is 0. The molecule has 0 unspecified atom stereocenters. The molecule has 0 aromatic rings. The first-order chi connectivity index (χ1) is 5.39. The molecule has 11 heavy (non-hydrogen) atoms. The number of rotatable bonds is 0. The van der Waals surface area contributed by atoms with Crippen LogP contribution in [0.5, 0.6) is 0 Å². The summed E-state index contributed by atoms with van der Waals surface area (Å²) < 4.78 is 0. The van der Waals surface area contributed by atoms with Crippen LogP contribution >= 0.6 is 35.7 Å². The standard InChI is InChI=1S/C6H12N2S3/c9-6-7-4-10-2-1-3-11-5-8-6/h1-5H2,(H2,7,8,9). The maximum absolute atomic E-state index is 5.01. The van der Waals surface area contributed by atoms with E-state index in [0.29, 0.717) is 0 Å². The van der Waals surface area contributed by atoms with Crippen LogP contribution in [0.25, 0.3) is 0 Å². The van der Waals surface area contributed by atoms with Crippen molar-refractivity contribution in [2.45, 2.75) is 6.42 Å². The molecule has 0 bridgehead atoms. The van der Waals surface area contributed by atoms with Crippen molar-refractivity contribution in [1.29, 1.82) is 0 Å². The summed E-state index contributed by atoms with van der Waals surface area (Å²) in [5.41, 5.74) is 0. The third-order valence-electron chi connectivity index (χ3n) is 1.25. The van der Waals surface area contributed by atoms with Gasteiger partial charge >= 0.3 is 0 Å². The number of hydrogen-bond donors (Lipinski definition) is 2. The Hall–Kier alpha value is 0.390. The highest BCUT2D eigenvalue weighted by Crippen LogP contribution is 2.07. The van der Waals surface area contributed by atoms with Gasteiger partial charge in [-0.25, -0.2) is 0 Å². The molecular formula is C6H12N2S3. The van der Waals surface area contributed by atoms with Gasteiger partial charge in [-0.05, 0) is 30.1 Å². The Labute approximate surface area is 81.3 Å². The van der Waals surface area contributed by atoms with Gasteiger partial charge in [-0.15, -0.1) is 23.5 Å². The second-order valence-electron chi connectivity index (χ2n) is 2.14. The van der Waals surface area contributed by atoms with Crippen LogP contribution in [-0.2, 0) is 0 Å². The first-order valence-corrected chi connectivity index (χ1v) is 6.28. The largest absolute Gasteiger partial charge is 0.354 e. The molecule has 0 spiro atoms. The number of thiocarbonyl (C=S) groups is 1. The molecule has 64 valence electrons. The number of nitrogens with one attached hydrogen (secondary N) is 2. The van der Waals surface area contributed by atoms with E-state index in [9.17, 15) is 0 Å². The fraction of sp³-hybridized carbons (Fsp3) is 0.833. The molecule has 5 heteroatoms. The van der Waals surface area contributed by atoms with Gasteiger partial charge in [0, 0.05) is 0 Å². The molecule has 0 aromatic carbocycles. The molecule has 1 rings (SSSR count). The summed E-state index contributed by atoms with van der Waals surface area (Å²) >= 11 is 8.81. The van der Waals surface area contributed by atoms with Gasteiger partial charge < -0.3 is 10.6 Å². The van der Waals surface area contributed by atoms with Crippen molar-refractivity contribution in [2.24, 2.45) is 0 Å². The maximum Gasteiger partial charge on any atom is 0.167 e. The summed E-state index contributed by atoms with van der Waals surface area (Å²) in [5.74, 6) is 4.36. The minimum Gasteiger partial charge on any atom is -0.354 e. The topological polar surface area (TPSA) is 24.1 Å². The molecular weight excluding hydrogens is 196 g/mol. The van der Waals surface area contributed by atoms with E-state index in [1.165, 1.54) is 17.9 Å². The lowest BCUT2D eigenvalue weighted by Gasteiger charge is -2.12. The number of thioether (sulfide) groups is 2. The van der Waals surface area contributed by atoms with Gasteiger partial charge in [-0.1, -0.05) is 0 Å². The Morgan fingerprint density at radius 3 is 2.18 bits per heavy atom. The summed E-state index contributed by atoms with van der Waals surface area (Å²) in [4.78, 5) is 0. The molecule has 0 radical (unpaired) electrons. The fourth-order valence-corrected chi connectivity index (χ4v) is 2.69. The molecule has 1 aliphatic rings. The van der Waals surface area contributed by atoms with Crippen molar-refractivity contribution in [3.05, 3.63) is 0 Å². The van der Waals surface area contributed by atoms with Gasteiger partial charge in [0.15, 0.2) is 5.11 Å². The summed E-state index contributed by atoms with van der Waals surface area (Å²) in [5, 5.41) is 7.03. The van der Waals surface area contributed by atoms with Crippen LogP contribution in [0, 0.1) is 0 Å². The van der Waals surface area contributed by atoms with Crippen LogP contribution in [0.15, 0.2) is 0 Å². The first-order valence-electron chi connectivity index (χ1n) is 3.57. The van der Waals surface area contributed by atoms with E-state index < -0.39 is 0 Å². The van der Waals surface area contributed by atoms with E-state index in [2.05, 4.69) is 10.6 Å². The highest BCUT2D eigenvalue weighted by Gasteiger charge is 1.97. The second-order valence-corrected chi connectivity index (χ2v) is 4.76. The molecule has 0 aromatic heterocycles. The maximum atomic E-state index is 5.01. The van der Waals surface area contributed by atoms with Gasteiger partial charge in [0.05, 0.1) is 11.8 Å². The Morgan fingerprint density at radius 2 is 1.64 bits per heavy atom. The Balaban J connectivity index is 2.17. The zero-order valence-corrected chi connectivity index (χ0v) is 8.71. The molecule has 2 N–H and O–H groups in total. The van der Waals surface area contributed by atoms with Gasteiger partial charge in [0.25, 0.3) is 0 Å². The third kappa shape index (κ3) is 4.76. The Morgan fingerprint density at radius 1 is 1.09 bits per heavy atom. The van der Waals surface area contributed by atoms with Crippen LogP contribution in [0.4, 0.5) is 0 Å². The lowest BCUT2D eigenvalue weighted by Crippen LogP contribution is -2.35. The Bertz CT molecular complexity index is 117. The van der Waals surface area contributed by atoms with Crippen molar-refractivity contribution < 1.29 is 0 Å². The van der Waals surface area contributed by atoms with Crippen LogP contribution in [0.1, 0.15) is 6.42 Å². The Kier molecular flexibility index (Phi) is 5.14. The van der Waals surface area contributed by atoms with Gasteiger partial charge in [-0.3, -0.25) is 0 Å². The zero-order chi connectivity index (χ0) is 7.94. The highest BCUT2D eigenvalue weighted by atomic mass is 32.2. The normalized spacial score (nSPS) is 21.6. The SMILES string of the molecule is S=C1NCSCCCSCN1. The monoisotopic (exact) mass is 208 g/mol. The molecule has 1 fully saturated rings. The van der Waals surface area contributed by atoms with Crippen LogP contribution in [0.3, 0.4) is 0 Å². The van der Waals surface area contributed by atoms with Crippen LogP contribution in [0.2, 0.25) is 0 Å². The molecule has 2 nitrogen and oxygen atoms in total. The average Bonchev–Trinajstić information content (AvgIpc) is 2.03. The predicted octanol–water partition coefficient (Wildman–Crippen LogP) is 1.24. The molecule has 1 aliphatic heterocycles. The van der Waals surface area contributed by atoms with Gasteiger partial charge in [0.1, 0.15) is 0 Å². The minimum absolute atomic E-state index is 0.784. The van der Waals surface area contributed by atoms with Gasteiger partial charge in [0.2, 0.25) is 0 Å². The lowest BCUT2D eigenvalue weighted by atomic mass is 10.6. The molecule has 1 saturated heterocycles. The molecule has 0 aliphatic carbocycles. The fourth-order valence-electron chi connectivity index (χ4n) is 0.703. The van der Waals surface area contributed by atoms with Crippen LogP contribution < -0.4 is 10.6 Å². The van der Waals surface area contributed by atoms with Crippen molar-refractivity contribution >= 4 is 40.9 Å². The van der Waals surface area contributed by atoms with E-state index >= 15 is 0 Å². The quantitative estimate of drug-likeness (QED) is 0.583. The zero-order valence-electron chi connectivity index (χ0n) is 6.26. The second kappa shape index (κ2) is 5.97. The molecule has 0 amide bonds. The lowest BCUT2D eigenvalue weighted by molar-refractivity contribution is 1.00. The summed E-state index contributed by atoms with van der Waals surface area (Å²) in [6, 6.07) is 0. The van der Waals surface area contributed by atoms with Crippen LogP contribution in [-0.4, -0.2) is 28.4 Å². The minimum atomic E-state index is 0.784. The summed E-state index contributed by atoms with van der Waals surface area (Å²) in [7, 11) is 0. The predicted molar refractivity (Wildman–Crippen MR) is 58.1 cm³/mol. The third-order valence-corrected chi connectivity index (χ3v) is 3.39.